The molecule has 26 heavy (non-hydrogen) atoms. The fourth-order valence-electron chi connectivity index (χ4n) is 3.35. The van der Waals surface area contributed by atoms with Gasteiger partial charge in [-0.25, -0.2) is 0 Å². The standard InChI is InChI=1S/C17H19N7O2/c1-24-9-11(8-18-24)15(10-6-12(25)7-10)19-17(26)14-5-3-2-4-13(14)16-20-22-23-21-16/h2-5,8-10,12,15,25H,6-7H2,1H3,(H,19,26)(H,20,21,22,23)/t10?,12?,15-/m0/s1. The number of H-pyrrole nitrogens is 1. The van der Waals surface area contributed by atoms with Crippen LogP contribution in [0.15, 0.2) is 36.7 Å². The van der Waals surface area contributed by atoms with Crippen molar-refractivity contribution in [1.82, 2.24) is 35.7 Å². The molecule has 2 heterocycles. The average molecular weight is 353 g/mol. The number of hydrogen-bond donors (Lipinski definition) is 3. The maximum absolute atomic E-state index is 13.0. The summed E-state index contributed by atoms with van der Waals surface area (Å²) in [6, 6.07) is 6.93. The Balaban J connectivity index is 1.61. The number of amides is 1. The average Bonchev–Trinajstić information content (AvgIpc) is 3.29. The number of rotatable bonds is 5. The maximum Gasteiger partial charge on any atom is 0.252 e. The first-order valence-electron chi connectivity index (χ1n) is 8.42. The summed E-state index contributed by atoms with van der Waals surface area (Å²) in [5.74, 6) is 0.323. The van der Waals surface area contributed by atoms with Crippen molar-refractivity contribution in [3.05, 3.63) is 47.8 Å². The second kappa shape index (κ2) is 6.68. The van der Waals surface area contributed by atoms with Gasteiger partial charge >= 0.3 is 0 Å². The number of tetrazole rings is 1. The number of aliphatic hydroxyl groups excluding tert-OH is 1. The lowest BCUT2D eigenvalue weighted by Gasteiger charge is -2.37. The zero-order valence-corrected chi connectivity index (χ0v) is 14.2. The van der Waals surface area contributed by atoms with Crippen LogP contribution in [0.4, 0.5) is 0 Å². The van der Waals surface area contributed by atoms with E-state index in [0.717, 1.165) is 5.56 Å². The molecule has 1 amide bonds. The van der Waals surface area contributed by atoms with Crippen LogP contribution in [0.25, 0.3) is 11.4 Å². The third-order valence-corrected chi connectivity index (χ3v) is 4.75. The van der Waals surface area contributed by atoms with E-state index in [-0.39, 0.29) is 24.0 Å². The lowest BCUT2D eigenvalue weighted by molar-refractivity contribution is 0.0235. The zero-order chi connectivity index (χ0) is 18.1. The lowest BCUT2D eigenvalue weighted by Crippen LogP contribution is -2.41. The molecule has 1 saturated carbocycles. The van der Waals surface area contributed by atoms with Crippen molar-refractivity contribution in [2.24, 2.45) is 13.0 Å². The second-order valence-electron chi connectivity index (χ2n) is 6.56. The first-order valence-corrected chi connectivity index (χ1v) is 8.42. The predicted octanol–water partition coefficient (Wildman–Crippen LogP) is 0.842. The SMILES string of the molecule is Cn1cc([C@@H](NC(=O)c2ccccc2-c2nn[nH]n2)C2CC(O)C2)cn1. The largest absolute Gasteiger partial charge is 0.393 e. The number of carbonyl (C=O) groups is 1. The third-order valence-electron chi connectivity index (χ3n) is 4.75. The molecular formula is C17H19N7O2. The summed E-state index contributed by atoms with van der Waals surface area (Å²) in [5, 5.41) is 30.9. The monoisotopic (exact) mass is 353 g/mol. The van der Waals surface area contributed by atoms with E-state index < -0.39 is 0 Å². The highest BCUT2D eigenvalue weighted by Gasteiger charge is 2.36. The lowest BCUT2D eigenvalue weighted by atomic mass is 9.75. The molecule has 0 saturated heterocycles. The Morgan fingerprint density at radius 1 is 1.38 bits per heavy atom. The molecule has 0 spiro atoms. The van der Waals surface area contributed by atoms with Crippen LogP contribution in [-0.2, 0) is 7.05 Å². The van der Waals surface area contributed by atoms with Crippen LogP contribution in [0.1, 0.15) is 34.8 Å². The molecule has 3 aromatic rings. The minimum absolute atomic E-state index is 0.176. The van der Waals surface area contributed by atoms with Crippen molar-refractivity contribution in [3.8, 4) is 11.4 Å². The van der Waals surface area contributed by atoms with Gasteiger partial charge in [-0.1, -0.05) is 18.2 Å². The highest BCUT2D eigenvalue weighted by atomic mass is 16.3. The van der Waals surface area contributed by atoms with E-state index in [4.69, 9.17) is 0 Å². The summed E-state index contributed by atoms with van der Waals surface area (Å²) in [6.45, 7) is 0. The second-order valence-corrected chi connectivity index (χ2v) is 6.56. The molecule has 0 bridgehead atoms. The highest BCUT2D eigenvalue weighted by molar-refractivity contribution is 6.00. The van der Waals surface area contributed by atoms with E-state index in [0.29, 0.717) is 29.8 Å². The Morgan fingerprint density at radius 2 is 2.19 bits per heavy atom. The molecule has 1 aromatic carbocycles. The summed E-state index contributed by atoms with van der Waals surface area (Å²) < 4.78 is 1.71. The van der Waals surface area contributed by atoms with E-state index in [1.165, 1.54) is 0 Å². The number of aliphatic hydroxyl groups is 1. The van der Waals surface area contributed by atoms with Crippen molar-refractivity contribution in [2.45, 2.75) is 25.0 Å². The van der Waals surface area contributed by atoms with Crippen LogP contribution in [0.2, 0.25) is 0 Å². The molecule has 0 aliphatic heterocycles. The first-order chi connectivity index (χ1) is 12.6. The van der Waals surface area contributed by atoms with Gasteiger partial charge in [0.2, 0.25) is 5.82 Å². The summed E-state index contributed by atoms with van der Waals surface area (Å²) >= 11 is 0. The van der Waals surface area contributed by atoms with E-state index >= 15 is 0 Å². The smallest absolute Gasteiger partial charge is 0.252 e. The summed E-state index contributed by atoms with van der Waals surface area (Å²) in [6.07, 6.45) is 4.66. The van der Waals surface area contributed by atoms with Gasteiger partial charge < -0.3 is 10.4 Å². The van der Waals surface area contributed by atoms with Gasteiger partial charge in [-0.15, -0.1) is 10.2 Å². The number of benzene rings is 1. The van der Waals surface area contributed by atoms with Crippen molar-refractivity contribution in [3.63, 3.8) is 0 Å². The number of nitrogens with one attached hydrogen (secondary N) is 2. The number of aryl methyl sites for hydroxylation is 1. The van der Waals surface area contributed by atoms with Crippen molar-refractivity contribution in [2.75, 3.05) is 0 Å². The molecule has 2 aromatic heterocycles. The molecule has 1 aliphatic carbocycles. The molecule has 3 N–H and O–H groups in total. The van der Waals surface area contributed by atoms with Crippen LogP contribution in [0.3, 0.4) is 0 Å². The zero-order valence-electron chi connectivity index (χ0n) is 14.2. The van der Waals surface area contributed by atoms with Crippen molar-refractivity contribution >= 4 is 5.91 Å². The van der Waals surface area contributed by atoms with Gasteiger partial charge in [0, 0.05) is 24.4 Å². The van der Waals surface area contributed by atoms with Gasteiger partial charge in [-0.3, -0.25) is 9.48 Å². The topological polar surface area (TPSA) is 122 Å². The summed E-state index contributed by atoms with van der Waals surface area (Å²) in [7, 11) is 1.84. The van der Waals surface area contributed by atoms with Gasteiger partial charge in [-0.2, -0.15) is 10.3 Å². The molecular weight excluding hydrogens is 334 g/mol. The highest BCUT2D eigenvalue weighted by Crippen LogP contribution is 2.38. The van der Waals surface area contributed by atoms with E-state index in [9.17, 15) is 9.90 Å². The van der Waals surface area contributed by atoms with Gasteiger partial charge in [0.15, 0.2) is 0 Å². The molecule has 4 rings (SSSR count). The Kier molecular flexibility index (Phi) is 4.21. The van der Waals surface area contributed by atoms with Crippen LogP contribution in [0, 0.1) is 5.92 Å². The number of nitrogens with zero attached hydrogens (tertiary/aromatic N) is 5. The van der Waals surface area contributed by atoms with Gasteiger partial charge in [-0.05, 0) is 30.0 Å². The Bertz CT molecular complexity index is 899. The summed E-state index contributed by atoms with van der Waals surface area (Å²) in [4.78, 5) is 13.0. The Labute approximate surface area is 149 Å². The molecule has 0 unspecified atom stereocenters. The van der Waals surface area contributed by atoms with E-state index in [1.807, 2.05) is 19.3 Å². The van der Waals surface area contributed by atoms with Crippen LogP contribution >= 0.6 is 0 Å². The van der Waals surface area contributed by atoms with Crippen LogP contribution in [-0.4, -0.2) is 47.5 Å². The van der Waals surface area contributed by atoms with Crippen molar-refractivity contribution < 1.29 is 9.90 Å². The molecule has 134 valence electrons. The van der Waals surface area contributed by atoms with Crippen LogP contribution in [0.5, 0.6) is 0 Å². The van der Waals surface area contributed by atoms with Gasteiger partial charge in [0.25, 0.3) is 5.91 Å². The normalized spacial score (nSPS) is 20.4. The fraction of sp³-hybridized carbons (Fsp3) is 0.353. The van der Waals surface area contributed by atoms with Gasteiger partial charge in [0.05, 0.1) is 23.9 Å². The van der Waals surface area contributed by atoms with E-state index in [2.05, 4.69) is 31.0 Å². The quantitative estimate of drug-likeness (QED) is 0.625. The van der Waals surface area contributed by atoms with E-state index in [1.54, 1.807) is 29.1 Å². The maximum atomic E-state index is 13.0. The molecule has 0 radical (unpaired) electrons. The predicted molar refractivity (Wildman–Crippen MR) is 91.8 cm³/mol. The number of aromatic nitrogens is 6. The Morgan fingerprint density at radius 3 is 2.85 bits per heavy atom. The molecule has 1 atom stereocenters. The van der Waals surface area contributed by atoms with Gasteiger partial charge in [0.1, 0.15) is 0 Å². The minimum Gasteiger partial charge on any atom is -0.393 e. The number of carbonyl (C=O) groups excluding carboxylic acids is 1. The Hall–Kier alpha value is -3.07. The molecule has 9 heteroatoms. The number of hydrogen-bond acceptors (Lipinski definition) is 6. The van der Waals surface area contributed by atoms with Crippen LogP contribution < -0.4 is 5.32 Å². The fourth-order valence-corrected chi connectivity index (χ4v) is 3.35. The third kappa shape index (κ3) is 3.08. The first kappa shape index (κ1) is 16.4. The van der Waals surface area contributed by atoms with Crippen molar-refractivity contribution in [1.29, 1.82) is 0 Å². The number of aromatic amines is 1. The molecule has 1 aliphatic rings. The summed E-state index contributed by atoms with van der Waals surface area (Å²) in [5.41, 5.74) is 2.01. The molecule has 1 fully saturated rings. The minimum atomic E-state index is -0.303. The molecule has 9 nitrogen and oxygen atoms in total.